The van der Waals surface area contributed by atoms with Crippen LogP contribution in [0.25, 0.3) is 0 Å². The largest absolute Gasteiger partial charge is 0.469 e. The van der Waals surface area contributed by atoms with Gasteiger partial charge in [-0.15, -0.1) is 0 Å². The number of rotatable bonds is 3. The zero-order valence-corrected chi connectivity index (χ0v) is 8.70. The number of aliphatic hydroxyl groups is 1. The molecule has 0 bridgehead atoms. The lowest BCUT2D eigenvalue weighted by molar-refractivity contribution is 0.0384. The summed E-state index contributed by atoms with van der Waals surface area (Å²) in [6.07, 6.45) is 6.88. The Balaban J connectivity index is 1.98. The predicted octanol–water partition coefficient (Wildman–Crippen LogP) is 2.76. The molecule has 1 aliphatic rings. The van der Waals surface area contributed by atoms with E-state index in [0.29, 0.717) is 6.42 Å². The monoisotopic (exact) mass is 194 g/mol. The van der Waals surface area contributed by atoms with Gasteiger partial charge < -0.3 is 9.52 Å². The highest BCUT2D eigenvalue weighted by Crippen LogP contribution is 2.41. The molecule has 1 aromatic rings. The molecule has 14 heavy (non-hydrogen) atoms. The second-order valence-corrected chi connectivity index (χ2v) is 4.66. The minimum absolute atomic E-state index is 0.118. The lowest BCUT2D eigenvalue weighted by Gasteiger charge is -2.29. The number of hydrogen-bond acceptors (Lipinski definition) is 2. The van der Waals surface area contributed by atoms with E-state index in [-0.39, 0.29) is 11.5 Å². The Labute approximate surface area is 84.9 Å². The van der Waals surface area contributed by atoms with Crippen molar-refractivity contribution in [3.8, 4) is 0 Å². The Bertz CT molecular complexity index is 271. The van der Waals surface area contributed by atoms with E-state index < -0.39 is 0 Å². The van der Waals surface area contributed by atoms with E-state index in [4.69, 9.17) is 4.42 Å². The second-order valence-electron chi connectivity index (χ2n) is 4.66. The van der Waals surface area contributed by atoms with Crippen LogP contribution in [-0.2, 0) is 6.42 Å². The van der Waals surface area contributed by atoms with Crippen LogP contribution in [0.3, 0.4) is 0 Å². The van der Waals surface area contributed by atoms with Gasteiger partial charge in [0.1, 0.15) is 5.76 Å². The Morgan fingerprint density at radius 2 is 2.21 bits per heavy atom. The maximum atomic E-state index is 10.1. The Morgan fingerprint density at radius 1 is 1.50 bits per heavy atom. The maximum absolute atomic E-state index is 10.1. The molecule has 0 aromatic carbocycles. The van der Waals surface area contributed by atoms with Crippen molar-refractivity contribution in [2.24, 2.45) is 5.41 Å². The Morgan fingerprint density at radius 3 is 2.79 bits per heavy atom. The summed E-state index contributed by atoms with van der Waals surface area (Å²) in [7, 11) is 0. The summed E-state index contributed by atoms with van der Waals surface area (Å²) in [5, 5.41) is 10.1. The molecule has 1 aromatic heterocycles. The summed E-state index contributed by atoms with van der Waals surface area (Å²) in [6.45, 7) is 2.19. The summed E-state index contributed by atoms with van der Waals surface area (Å²) in [4.78, 5) is 0. The Kier molecular flexibility index (Phi) is 2.64. The number of hydrogen-bond donors (Lipinski definition) is 1. The summed E-state index contributed by atoms with van der Waals surface area (Å²) in [6, 6.07) is 3.81. The lowest BCUT2D eigenvalue weighted by atomic mass is 9.81. The fourth-order valence-corrected chi connectivity index (χ4v) is 2.38. The molecule has 0 aliphatic heterocycles. The highest BCUT2D eigenvalue weighted by molar-refractivity contribution is 5.02. The molecule has 1 aliphatic carbocycles. The van der Waals surface area contributed by atoms with Gasteiger partial charge >= 0.3 is 0 Å². The fourth-order valence-electron chi connectivity index (χ4n) is 2.38. The SMILES string of the molecule is CC1(C(O)Cc2ccco2)CCCC1. The van der Waals surface area contributed by atoms with E-state index in [1.807, 2.05) is 12.1 Å². The van der Waals surface area contributed by atoms with Crippen LogP contribution in [0.1, 0.15) is 38.4 Å². The van der Waals surface area contributed by atoms with E-state index in [9.17, 15) is 5.11 Å². The van der Waals surface area contributed by atoms with Crippen molar-refractivity contribution in [3.05, 3.63) is 24.2 Å². The molecule has 0 saturated heterocycles. The van der Waals surface area contributed by atoms with E-state index in [0.717, 1.165) is 18.6 Å². The molecule has 78 valence electrons. The van der Waals surface area contributed by atoms with Crippen molar-refractivity contribution >= 4 is 0 Å². The normalized spacial score (nSPS) is 22.4. The van der Waals surface area contributed by atoms with Gasteiger partial charge in [0.25, 0.3) is 0 Å². The van der Waals surface area contributed by atoms with Crippen LogP contribution in [0.4, 0.5) is 0 Å². The van der Waals surface area contributed by atoms with E-state index in [2.05, 4.69) is 6.92 Å². The maximum Gasteiger partial charge on any atom is 0.106 e. The van der Waals surface area contributed by atoms with Crippen molar-refractivity contribution < 1.29 is 9.52 Å². The molecular formula is C12H18O2. The van der Waals surface area contributed by atoms with Gasteiger partial charge in [0.2, 0.25) is 0 Å². The average molecular weight is 194 g/mol. The van der Waals surface area contributed by atoms with Crippen LogP contribution in [0.2, 0.25) is 0 Å². The van der Waals surface area contributed by atoms with Crippen molar-refractivity contribution in [2.45, 2.75) is 45.1 Å². The molecule has 0 radical (unpaired) electrons. The first-order valence-electron chi connectivity index (χ1n) is 5.41. The molecule has 1 atom stereocenters. The molecule has 2 nitrogen and oxygen atoms in total. The number of aliphatic hydroxyl groups excluding tert-OH is 1. The highest BCUT2D eigenvalue weighted by atomic mass is 16.3. The zero-order valence-electron chi connectivity index (χ0n) is 8.70. The van der Waals surface area contributed by atoms with Crippen LogP contribution < -0.4 is 0 Å². The Hall–Kier alpha value is -0.760. The van der Waals surface area contributed by atoms with Gasteiger partial charge in [0, 0.05) is 6.42 Å². The van der Waals surface area contributed by atoms with Crippen LogP contribution in [-0.4, -0.2) is 11.2 Å². The molecule has 1 fully saturated rings. The van der Waals surface area contributed by atoms with Crippen LogP contribution >= 0.6 is 0 Å². The molecule has 2 rings (SSSR count). The van der Waals surface area contributed by atoms with Gasteiger partial charge in [-0.3, -0.25) is 0 Å². The van der Waals surface area contributed by atoms with Gasteiger partial charge in [0.05, 0.1) is 12.4 Å². The van der Waals surface area contributed by atoms with Gasteiger partial charge in [-0.05, 0) is 30.4 Å². The summed E-state index contributed by atoms with van der Waals surface area (Å²) in [5.41, 5.74) is 0.118. The van der Waals surface area contributed by atoms with Crippen molar-refractivity contribution in [1.82, 2.24) is 0 Å². The lowest BCUT2D eigenvalue weighted by Crippen LogP contribution is -2.31. The number of furan rings is 1. The van der Waals surface area contributed by atoms with Gasteiger partial charge in [-0.1, -0.05) is 19.8 Å². The third-order valence-electron chi connectivity index (χ3n) is 3.52. The van der Waals surface area contributed by atoms with Crippen molar-refractivity contribution in [2.75, 3.05) is 0 Å². The van der Waals surface area contributed by atoms with Crippen LogP contribution in [0.5, 0.6) is 0 Å². The zero-order chi connectivity index (χ0) is 10.0. The van der Waals surface area contributed by atoms with Gasteiger partial charge in [-0.2, -0.15) is 0 Å². The van der Waals surface area contributed by atoms with Crippen molar-refractivity contribution in [3.63, 3.8) is 0 Å². The molecule has 1 unspecified atom stereocenters. The van der Waals surface area contributed by atoms with Gasteiger partial charge in [-0.25, -0.2) is 0 Å². The summed E-state index contributed by atoms with van der Waals surface area (Å²) in [5.74, 6) is 0.894. The first-order chi connectivity index (χ1) is 6.71. The first-order valence-corrected chi connectivity index (χ1v) is 5.41. The smallest absolute Gasteiger partial charge is 0.106 e. The third-order valence-corrected chi connectivity index (χ3v) is 3.52. The first kappa shape index (κ1) is 9.78. The molecule has 0 amide bonds. The quantitative estimate of drug-likeness (QED) is 0.802. The fraction of sp³-hybridized carbons (Fsp3) is 0.667. The minimum Gasteiger partial charge on any atom is -0.469 e. The van der Waals surface area contributed by atoms with E-state index >= 15 is 0 Å². The van der Waals surface area contributed by atoms with Crippen LogP contribution in [0, 0.1) is 5.41 Å². The summed E-state index contributed by atoms with van der Waals surface area (Å²) < 4.78 is 5.25. The standard InChI is InChI=1S/C12H18O2/c1-12(6-2-3-7-12)11(13)9-10-5-4-8-14-10/h4-5,8,11,13H,2-3,6-7,9H2,1H3. The molecule has 0 spiro atoms. The molecule has 1 heterocycles. The van der Waals surface area contributed by atoms with Crippen LogP contribution in [0.15, 0.2) is 22.8 Å². The highest BCUT2D eigenvalue weighted by Gasteiger charge is 2.36. The van der Waals surface area contributed by atoms with Crippen molar-refractivity contribution in [1.29, 1.82) is 0 Å². The van der Waals surface area contributed by atoms with E-state index in [1.54, 1.807) is 6.26 Å². The van der Waals surface area contributed by atoms with Gasteiger partial charge in [0.15, 0.2) is 0 Å². The molecule has 1 saturated carbocycles. The third kappa shape index (κ3) is 1.85. The average Bonchev–Trinajstić information content (AvgIpc) is 2.76. The predicted molar refractivity (Wildman–Crippen MR) is 55.0 cm³/mol. The summed E-state index contributed by atoms with van der Waals surface area (Å²) >= 11 is 0. The molecule has 2 heteroatoms. The van der Waals surface area contributed by atoms with E-state index in [1.165, 1.54) is 12.8 Å². The topological polar surface area (TPSA) is 33.4 Å². The second kappa shape index (κ2) is 3.77. The molecule has 1 N–H and O–H groups in total. The minimum atomic E-state index is -0.254. The molecular weight excluding hydrogens is 176 g/mol.